The van der Waals surface area contributed by atoms with Gasteiger partial charge < -0.3 is 10.0 Å². The topological polar surface area (TPSA) is 66.6 Å². The van der Waals surface area contributed by atoms with Crippen LogP contribution in [0.5, 0.6) is 0 Å². The van der Waals surface area contributed by atoms with Crippen molar-refractivity contribution in [3.8, 4) is 0 Å². The molecule has 0 heterocycles. The number of aliphatic hydroxyl groups is 1. The number of nitrogens with zero attached hydrogens (tertiary/aromatic N) is 2. The first-order chi connectivity index (χ1) is 10.0. The first-order valence-electron chi connectivity index (χ1n) is 6.66. The Morgan fingerprint density at radius 2 is 1.86 bits per heavy atom. The number of benzene rings is 2. The van der Waals surface area contributed by atoms with E-state index in [0.717, 1.165) is 11.3 Å². The Hall–Kier alpha value is -2.40. The minimum atomic E-state index is -0.455. The van der Waals surface area contributed by atoms with E-state index < -0.39 is 4.92 Å². The molecule has 1 N–H and O–H groups in total. The van der Waals surface area contributed by atoms with Gasteiger partial charge in [0, 0.05) is 37.0 Å². The van der Waals surface area contributed by atoms with Crippen LogP contribution >= 0.6 is 0 Å². The maximum Gasteiger partial charge on any atom is 0.269 e. The van der Waals surface area contributed by atoms with Crippen LogP contribution in [-0.4, -0.2) is 17.1 Å². The van der Waals surface area contributed by atoms with Crippen molar-refractivity contribution in [2.24, 2.45) is 0 Å². The van der Waals surface area contributed by atoms with Crippen molar-refractivity contribution < 1.29 is 10.0 Å². The molecule has 0 unspecified atom stereocenters. The third kappa shape index (κ3) is 3.58. The monoisotopic (exact) mass is 286 g/mol. The first-order valence-corrected chi connectivity index (χ1v) is 6.66. The van der Waals surface area contributed by atoms with E-state index in [4.69, 9.17) is 0 Å². The van der Waals surface area contributed by atoms with Gasteiger partial charge in [0.2, 0.25) is 0 Å². The third-order valence-electron chi connectivity index (χ3n) is 3.40. The number of hydrogen-bond donors (Lipinski definition) is 1. The number of aryl methyl sites for hydroxylation is 1. The van der Waals surface area contributed by atoms with Crippen molar-refractivity contribution in [1.82, 2.24) is 0 Å². The van der Waals surface area contributed by atoms with Crippen molar-refractivity contribution >= 4 is 11.4 Å². The van der Waals surface area contributed by atoms with Crippen LogP contribution in [0.4, 0.5) is 11.4 Å². The Balaban J connectivity index is 2.23. The Morgan fingerprint density at radius 3 is 2.43 bits per heavy atom. The fourth-order valence-electron chi connectivity index (χ4n) is 2.24. The van der Waals surface area contributed by atoms with Gasteiger partial charge in [-0.1, -0.05) is 29.8 Å². The molecule has 0 radical (unpaired) electrons. The predicted octanol–water partition coefficient (Wildman–Crippen LogP) is 3.03. The lowest BCUT2D eigenvalue weighted by molar-refractivity contribution is -0.384. The minimum Gasteiger partial charge on any atom is -0.392 e. The summed E-state index contributed by atoms with van der Waals surface area (Å²) >= 11 is 0. The highest BCUT2D eigenvalue weighted by molar-refractivity contribution is 5.57. The molecule has 2 aromatic rings. The molecule has 2 rings (SSSR count). The van der Waals surface area contributed by atoms with Gasteiger partial charge in [0.25, 0.3) is 5.69 Å². The summed E-state index contributed by atoms with van der Waals surface area (Å²) in [6.07, 6.45) is 0. The van der Waals surface area contributed by atoms with Crippen molar-refractivity contribution in [1.29, 1.82) is 0 Å². The Labute approximate surface area is 123 Å². The molecule has 110 valence electrons. The lowest BCUT2D eigenvalue weighted by Crippen LogP contribution is -2.18. The summed E-state index contributed by atoms with van der Waals surface area (Å²) < 4.78 is 0. The molecule has 0 saturated heterocycles. The zero-order valence-electron chi connectivity index (χ0n) is 12.1. The second kappa shape index (κ2) is 6.37. The summed E-state index contributed by atoms with van der Waals surface area (Å²) in [6.45, 7) is 2.48. The highest BCUT2D eigenvalue weighted by Crippen LogP contribution is 2.26. The van der Waals surface area contributed by atoms with Crippen molar-refractivity contribution in [3.63, 3.8) is 0 Å². The zero-order valence-corrected chi connectivity index (χ0v) is 12.1. The second-order valence-corrected chi connectivity index (χ2v) is 5.07. The average molecular weight is 286 g/mol. The van der Waals surface area contributed by atoms with Crippen LogP contribution in [0.15, 0.2) is 42.5 Å². The van der Waals surface area contributed by atoms with E-state index in [1.807, 2.05) is 31.0 Å². The quantitative estimate of drug-likeness (QED) is 0.677. The second-order valence-electron chi connectivity index (χ2n) is 5.07. The molecule has 0 saturated carbocycles. The van der Waals surface area contributed by atoms with Gasteiger partial charge in [0.15, 0.2) is 0 Å². The van der Waals surface area contributed by atoms with Gasteiger partial charge >= 0.3 is 0 Å². The van der Waals surface area contributed by atoms with Crippen LogP contribution in [0.1, 0.15) is 16.7 Å². The normalized spacial score (nSPS) is 10.4. The molecular weight excluding hydrogens is 268 g/mol. The summed E-state index contributed by atoms with van der Waals surface area (Å²) in [6, 6.07) is 12.8. The highest BCUT2D eigenvalue weighted by Gasteiger charge is 2.13. The average Bonchev–Trinajstić information content (AvgIpc) is 2.48. The molecule has 2 aromatic carbocycles. The summed E-state index contributed by atoms with van der Waals surface area (Å²) in [5.41, 5.74) is 3.69. The van der Waals surface area contributed by atoms with Crippen molar-refractivity contribution in [3.05, 3.63) is 69.3 Å². The first kappa shape index (κ1) is 15.0. The molecule has 0 aliphatic carbocycles. The largest absolute Gasteiger partial charge is 0.392 e. The van der Waals surface area contributed by atoms with Gasteiger partial charge in [0.05, 0.1) is 11.5 Å². The van der Waals surface area contributed by atoms with Gasteiger partial charge in [-0.15, -0.1) is 0 Å². The summed E-state index contributed by atoms with van der Waals surface area (Å²) in [5.74, 6) is 0. The smallest absolute Gasteiger partial charge is 0.269 e. The molecular formula is C16H18N2O3. The number of rotatable bonds is 5. The van der Waals surface area contributed by atoms with Crippen LogP contribution in [0.25, 0.3) is 0 Å². The molecule has 0 fully saturated rings. The number of hydrogen-bond acceptors (Lipinski definition) is 4. The maximum absolute atomic E-state index is 10.8. The van der Waals surface area contributed by atoms with Crippen LogP contribution in [0, 0.1) is 17.0 Å². The van der Waals surface area contributed by atoms with Gasteiger partial charge in [-0.2, -0.15) is 0 Å². The molecule has 0 aliphatic rings. The maximum atomic E-state index is 10.8. The van der Waals surface area contributed by atoms with Crippen molar-refractivity contribution in [2.75, 3.05) is 11.9 Å². The van der Waals surface area contributed by atoms with E-state index in [-0.39, 0.29) is 12.3 Å². The molecule has 5 heteroatoms. The predicted molar refractivity (Wildman–Crippen MR) is 82.3 cm³/mol. The van der Waals surface area contributed by atoms with Gasteiger partial charge in [0.1, 0.15) is 0 Å². The molecule has 5 nitrogen and oxygen atoms in total. The lowest BCUT2D eigenvalue weighted by atomic mass is 10.1. The van der Waals surface area contributed by atoms with Crippen LogP contribution in [0.3, 0.4) is 0 Å². The van der Waals surface area contributed by atoms with Crippen LogP contribution < -0.4 is 4.90 Å². The lowest BCUT2D eigenvalue weighted by Gasteiger charge is -2.22. The minimum absolute atomic E-state index is 0.00784. The fraction of sp³-hybridized carbons (Fsp3) is 0.250. The van der Waals surface area contributed by atoms with E-state index in [0.29, 0.717) is 12.1 Å². The summed E-state index contributed by atoms with van der Waals surface area (Å²) in [5, 5.41) is 20.2. The van der Waals surface area contributed by atoms with E-state index in [9.17, 15) is 15.2 Å². The Kier molecular flexibility index (Phi) is 4.55. The molecule has 21 heavy (non-hydrogen) atoms. The number of anilines is 1. The van der Waals surface area contributed by atoms with E-state index >= 15 is 0 Å². The van der Waals surface area contributed by atoms with Gasteiger partial charge in [-0.25, -0.2) is 0 Å². The standard InChI is InChI=1S/C16H18N2O3/c1-12-3-5-13(6-4-12)10-17(2)16-8-7-15(18(20)21)9-14(16)11-19/h3-9,19H,10-11H2,1-2H3. The Bertz CT molecular complexity index is 638. The van der Waals surface area contributed by atoms with Crippen molar-refractivity contribution in [2.45, 2.75) is 20.1 Å². The summed E-state index contributed by atoms with van der Waals surface area (Å²) in [7, 11) is 1.90. The van der Waals surface area contributed by atoms with Crippen LogP contribution in [0.2, 0.25) is 0 Å². The number of aliphatic hydroxyl groups excluding tert-OH is 1. The van der Waals surface area contributed by atoms with Gasteiger partial charge in [-0.3, -0.25) is 10.1 Å². The molecule has 0 atom stereocenters. The molecule has 0 aromatic heterocycles. The molecule has 0 amide bonds. The SMILES string of the molecule is Cc1ccc(CN(C)c2ccc([N+](=O)[O-])cc2CO)cc1. The molecule has 0 bridgehead atoms. The molecule has 0 aliphatic heterocycles. The van der Waals surface area contributed by atoms with E-state index in [1.54, 1.807) is 6.07 Å². The van der Waals surface area contributed by atoms with Gasteiger partial charge in [-0.05, 0) is 18.6 Å². The third-order valence-corrected chi connectivity index (χ3v) is 3.40. The zero-order chi connectivity index (χ0) is 15.4. The molecule has 0 spiro atoms. The highest BCUT2D eigenvalue weighted by atomic mass is 16.6. The van der Waals surface area contributed by atoms with E-state index in [2.05, 4.69) is 12.1 Å². The number of non-ortho nitro benzene ring substituents is 1. The Morgan fingerprint density at radius 1 is 1.19 bits per heavy atom. The summed E-state index contributed by atoms with van der Waals surface area (Å²) in [4.78, 5) is 12.3. The number of nitro benzene ring substituents is 1. The number of nitro groups is 1. The van der Waals surface area contributed by atoms with E-state index in [1.165, 1.54) is 17.7 Å². The fourth-order valence-corrected chi connectivity index (χ4v) is 2.24. The van der Waals surface area contributed by atoms with Crippen LogP contribution in [-0.2, 0) is 13.2 Å².